The lowest BCUT2D eigenvalue weighted by molar-refractivity contribution is 0.0511. The molecule has 0 aliphatic carbocycles. The van der Waals surface area contributed by atoms with Crippen LogP contribution in [0.25, 0.3) is 0 Å². The standard InChI is InChI=1S/C19H28N4O3/c1-5-22-18(13-24)16(15(4)21-22)10-8-7-9-11-23-17(12-14(3)20-23)19(25)26-6-2/h12-13H,5-11H2,1-4H3. The van der Waals surface area contributed by atoms with Gasteiger partial charge in [-0.2, -0.15) is 10.2 Å². The molecule has 0 unspecified atom stereocenters. The van der Waals surface area contributed by atoms with Crippen molar-refractivity contribution in [2.24, 2.45) is 0 Å². The Bertz CT molecular complexity index is 761. The Balaban J connectivity index is 1.88. The topological polar surface area (TPSA) is 79.0 Å². The van der Waals surface area contributed by atoms with Gasteiger partial charge in [-0.05, 0) is 53.0 Å². The third kappa shape index (κ3) is 4.59. The van der Waals surface area contributed by atoms with Crippen LogP contribution < -0.4 is 0 Å². The van der Waals surface area contributed by atoms with Crippen molar-refractivity contribution in [3.63, 3.8) is 0 Å². The van der Waals surface area contributed by atoms with Gasteiger partial charge in [0.25, 0.3) is 0 Å². The summed E-state index contributed by atoms with van der Waals surface area (Å²) in [6.45, 7) is 9.33. The number of esters is 1. The number of aldehydes is 1. The fourth-order valence-corrected chi connectivity index (χ4v) is 3.14. The molecule has 26 heavy (non-hydrogen) atoms. The van der Waals surface area contributed by atoms with E-state index in [1.54, 1.807) is 22.4 Å². The van der Waals surface area contributed by atoms with Crippen LogP contribution in [0.5, 0.6) is 0 Å². The second-order valence-electron chi connectivity index (χ2n) is 6.31. The first-order valence-corrected chi connectivity index (χ1v) is 9.24. The molecule has 2 aromatic heterocycles. The average molecular weight is 360 g/mol. The number of hydrogen-bond donors (Lipinski definition) is 0. The maximum Gasteiger partial charge on any atom is 0.356 e. The zero-order chi connectivity index (χ0) is 19.1. The van der Waals surface area contributed by atoms with Crippen molar-refractivity contribution in [1.82, 2.24) is 19.6 Å². The first kappa shape index (κ1) is 19.9. The van der Waals surface area contributed by atoms with Gasteiger partial charge in [0.05, 0.1) is 18.0 Å². The lowest BCUT2D eigenvalue weighted by Crippen LogP contribution is -2.13. The van der Waals surface area contributed by atoms with Crippen molar-refractivity contribution in [2.45, 2.75) is 66.5 Å². The van der Waals surface area contributed by atoms with E-state index in [9.17, 15) is 9.59 Å². The number of rotatable bonds is 10. The van der Waals surface area contributed by atoms with E-state index in [4.69, 9.17) is 4.74 Å². The summed E-state index contributed by atoms with van der Waals surface area (Å²) in [5, 5.41) is 8.80. The summed E-state index contributed by atoms with van der Waals surface area (Å²) in [6.07, 6.45) is 4.59. The minimum absolute atomic E-state index is 0.327. The fourth-order valence-electron chi connectivity index (χ4n) is 3.14. The Labute approximate surface area is 154 Å². The van der Waals surface area contributed by atoms with Crippen LogP contribution in [0.2, 0.25) is 0 Å². The first-order chi connectivity index (χ1) is 12.5. The fraction of sp³-hybridized carbons (Fsp3) is 0.579. The van der Waals surface area contributed by atoms with E-state index in [2.05, 4.69) is 10.2 Å². The van der Waals surface area contributed by atoms with Crippen molar-refractivity contribution < 1.29 is 14.3 Å². The van der Waals surface area contributed by atoms with Gasteiger partial charge < -0.3 is 4.74 Å². The van der Waals surface area contributed by atoms with E-state index in [-0.39, 0.29) is 5.97 Å². The minimum Gasteiger partial charge on any atom is -0.461 e. The van der Waals surface area contributed by atoms with Gasteiger partial charge in [0, 0.05) is 18.7 Å². The predicted octanol–water partition coefficient (Wildman–Crippen LogP) is 3.12. The number of hydrogen-bond acceptors (Lipinski definition) is 5. The summed E-state index contributed by atoms with van der Waals surface area (Å²) < 4.78 is 8.56. The molecule has 0 aromatic carbocycles. The van der Waals surface area contributed by atoms with Gasteiger partial charge >= 0.3 is 5.97 Å². The minimum atomic E-state index is -0.327. The van der Waals surface area contributed by atoms with E-state index in [0.717, 1.165) is 48.9 Å². The molecule has 0 fully saturated rings. The summed E-state index contributed by atoms with van der Waals surface area (Å²) in [5.41, 5.74) is 3.99. The molecule has 2 rings (SSSR count). The molecule has 0 bridgehead atoms. The Hall–Kier alpha value is -2.44. The molecule has 0 saturated carbocycles. The number of unbranched alkanes of at least 4 members (excludes halogenated alkanes) is 2. The summed E-state index contributed by atoms with van der Waals surface area (Å²) in [7, 11) is 0. The molecule has 2 heterocycles. The molecular weight excluding hydrogens is 332 g/mol. The number of aryl methyl sites for hydroxylation is 4. The summed E-state index contributed by atoms with van der Waals surface area (Å²) in [6, 6.07) is 1.76. The molecule has 0 atom stereocenters. The van der Waals surface area contributed by atoms with Crippen LogP contribution in [-0.4, -0.2) is 38.4 Å². The van der Waals surface area contributed by atoms with Gasteiger partial charge in [0.1, 0.15) is 11.4 Å². The Morgan fingerprint density at radius 3 is 2.58 bits per heavy atom. The molecule has 0 aliphatic heterocycles. The van der Waals surface area contributed by atoms with Gasteiger partial charge in [0.15, 0.2) is 6.29 Å². The van der Waals surface area contributed by atoms with Gasteiger partial charge in [0.2, 0.25) is 0 Å². The van der Waals surface area contributed by atoms with E-state index in [0.29, 0.717) is 31.1 Å². The second kappa shape index (κ2) is 9.31. The summed E-state index contributed by atoms with van der Waals surface area (Å²) in [4.78, 5) is 23.3. The quantitative estimate of drug-likeness (QED) is 0.369. The molecule has 0 N–H and O–H groups in total. The zero-order valence-corrected chi connectivity index (χ0v) is 16.1. The van der Waals surface area contributed by atoms with Crippen molar-refractivity contribution in [3.05, 3.63) is 34.4 Å². The Morgan fingerprint density at radius 2 is 1.92 bits per heavy atom. The maximum absolute atomic E-state index is 12.0. The van der Waals surface area contributed by atoms with Crippen molar-refractivity contribution in [1.29, 1.82) is 0 Å². The van der Waals surface area contributed by atoms with Gasteiger partial charge in [-0.25, -0.2) is 4.79 Å². The number of ether oxygens (including phenoxy) is 1. The predicted molar refractivity (Wildman–Crippen MR) is 98.5 cm³/mol. The molecule has 0 aliphatic rings. The van der Waals surface area contributed by atoms with E-state index < -0.39 is 0 Å². The first-order valence-electron chi connectivity index (χ1n) is 9.24. The van der Waals surface area contributed by atoms with Crippen LogP contribution >= 0.6 is 0 Å². The molecule has 0 saturated heterocycles. The zero-order valence-electron chi connectivity index (χ0n) is 16.1. The van der Waals surface area contributed by atoms with Gasteiger partial charge in [-0.15, -0.1) is 0 Å². The van der Waals surface area contributed by atoms with E-state index in [1.807, 2.05) is 20.8 Å². The molecule has 142 valence electrons. The molecule has 2 aromatic rings. The smallest absolute Gasteiger partial charge is 0.356 e. The highest BCUT2D eigenvalue weighted by Gasteiger charge is 2.15. The largest absolute Gasteiger partial charge is 0.461 e. The normalized spacial score (nSPS) is 10.9. The van der Waals surface area contributed by atoms with Crippen molar-refractivity contribution >= 4 is 12.3 Å². The van der Waals surface area contributed by atoms with Crippen LogP contribution in [0.4, 0.5) is 0 Å². The second-order valence-corrected chi connectivity index (χ2v) is 6.31. The van der Waals surface area contributed by atoms with Crippen LogP contribution in [0, 0.1) is 13.8 Å². The Kier molecular flexibility index (Phi) is 7.12. The molecule has 7 nitrogen and oxygen atoms in total. The van der Waals surface area contributed by atoms with Crippen molar-refractivity contribution in [3.8, 4) is 0 Å². The number of aromatic nitrogens is 4. The van der Waals surface area contributed by atoms with Gasteiger partial charge in [-0.3, -0.25) is 14.2 Å². The molecule has 7 heteroatoms. The molecule has 0 amide bonds. The molecule has 0 radical (unpaired) electrons. The van der Waals surface area contributed by atoms with Crippen molar-refractivity contribution in [2.75, 3.05) is 6.61 Å². The van der Waals surface area contributed by atoms with Crippen LogP contribution in [0.3, 0.4) is 0 Å². The van der Waals surface area contributed by atoms with E-state index >= 15 is 0 Å². The number of carbonyl (C=O) groups excluding carboxylic acids is 2. The summed E-state index contributed by atoms with van der Waals surface area (Å²) >= 11 is 0. The van der Waals surface area contributed by atoms with E-state index in [1.165, 1.54) is 0 Å². The lowest BCUT2D eigenvalue weighted by atomic mass is 10.1. The van der Waals surface area contributed by atoms with Gasteiger partial charge in [-0.1, -0.05) is 6.42 Å². The average Bonchev–Trinajstić information content (AvgIpc) is 3.14. The van der Waals surface area contributed by atoms with Crippen LogP contribution in [-0.2, 0) is 24.2 Å². The highest BCUT2D eigenvalue weighted by Crippen LogP contribution is 2.16. The van der Waals surface area contributed by atoms with Crippen LogP contribution in [0.15, 0.2) is 6.07 Å². The summed E-state index contributed by atoms with van der Waals surface area (Å²) in [5.74, 6) is -0.327. The number of nitrogens with zero attached hydrogens (tertiary/aromatic N) is 4. The third-order valence-electron chi connectivity index (χ3n) is 4.39. The maximum atomic E-state index is 12.0. The van der Waals surface area contributed by atoms with Crippen LogP contribution in [0.1, 0.15) is 71.0 Å². The number of carbonyl (C=O) groups is 2. The lowest BCUT2D eigenvalue weighted by Gasteiger charge is -2.07. The SMILES string of the molecule is CCOC(=O)c1cc(C)nn1CCCCCc1c(C)nn(CC)c1C=O. The highest BCUT2D eigenvalue weighted by molar-refractivity contribution is 5.87. The third-order valence-corrected chi connectivity index (χ3v) is 4.39. The molecule has 0 spiro atoms. The Morgan fingerprint density at radius 1 is 1.15 bits per heavy atom. The highest BCUT2D eigenvalue weighted by atomic mass is 16.5. The molecular formula is C19H28N4O3. The monoisotopic (exact) mass is 360 g/mol.